The molecule has 6 heteroatoms. The summed E-state index contributed by atoms with van der Waals surface area (Å²) in [5.41, 5.74) is 6.82. The fourth-order valence-electron chi connectivity index (χ4n) is 3.07. The Morgan fingerprint density at radius 1 is 1.27 bits per heavy atom. The lowest BCUT2D eigenvalue weighted by molar-refractivity contribution is 0.318. The Hall–Kier alpha value is -2.05. The van der Waals surface area contributed by atoms with Crippen LogP contribution in [-0.4, -0.2) is 33.2 Å². The van der Waals surface area contributed by atoms with Crippen molar-refractivity contribution in [3.63, 3.8) is 0 Å². The molecule has 116 valence electrons. The third-order valence-electron chi connectivity index (χ3n) is 4.26. The number of hydrogen-bond acceptors (Lipinski definition) is 5. The number of nitrogens with one attached hydrogen (secondary N) is 1. The molecule has 1 fully saturated rings. The largest absolute Gasteiger partial charge is 0.325 e. The van der Waals surface area contributed by atoms with E-state index < -0.39 is 0 Å². The number of likely N-dealkylation sites (tertiary alicyclic amines) is 1. The van der Waals surface area contributed by atoms with Gasteiger partial charge < -0.3 is 10.7 Å². The van der Waals surface area contributed by atoms with Crippen molar-refractivity contribution in [2.45, 2.75) is 25.9 Å². The Morgan fingerprint density at radius 3 is 2.73 bits per heavy atom. The molecule has 2 heterocycles. The van der Waals surface area contributed by atoms with E-state index in [1.165, 1.54) is 5.56 Å². The zero-order valence-corrected chi connectivity index (χ0v) is 12.7. The Balaban J connectivity index is 1.73. The van der Waals surface area contributed by atoms with Crippen molar-refractivity contribution >= 4 is 0 Å². The normalized spacial score (nSPS) is 22.1. The predicted octanol–water partition coefficient (Wildman–Crippen LogP) is 0.859. The quantitative estimate of drug-likeness (QED) is 0.874. The third kappa shape index (κ3) is 3.08. The number of H-pyrrole nitrogens is 1. The standard InChI is InChI=1S/C16H21N5O/c1-11-8-21(9-12-5-3-2-4-6-12)10-13(11)15-18-16(22)14(7-17)19-20-15/h2-6,11,13H,7-10,17H2,1H3,(H,18,20,22)/t11-,13?/m1/s1. The summed E-state index contributed by atoms with van der Waals surface area (Å²) >= 11 is 0. The second-order valence-corrected chi connectivity index (χ2v) is 5.95. The third-order valence-corrected chi connectivity index (χ3v) is 4.26. The van der Waals surface area contributed by atoms with Gasteiger partial charge in [-0.3, -0.25) is 9.69 Å². The van der Waals surface area contributed by atoms with Gasteiger partial charge in [0.2, 0.25) is 0 Å². The van der Waals surface area contributed by atoms with Crippen LogP contribution in [0.3, 0.4) is 0 Å². The van der Waals surface area contributed by atoms with E-state index in [-0.39, 0.29) is 23.7 Å². The minimum atomic E-state index is -0.221. The molecule has 3 N–H and O–H groups in total. The number of hydrogen-bond donors (Lipinski definition) is 2. The maximum absolute atomic E-state index is 11.9. The summed E-state index contributed by atoms with van der Waals surface area (Å²) in [6.07, 6.45) is 0. The highest BCUT2D eigenvalue weighted by Gasteiger charge is 2.32. The molecular formula is C16H21N5O. The molecule has 0 saturated carbocycles. The fourth-order valence-corrected chi connectivity index (χ4v) is 3.07. The van der Waals surface area contributed by atoms with Gasteiger partial charge in [0.05, 0.1) is 0 Å². The van der Waals surface area contributed by atoms with Crippen molar-refractivity contribution in [2.75, 3.05) is 13.1 Å². The van der Waals surface area contributed by atoms with Gasteiger partial charge in [-0.05, 0) is 11.5 Å². The Labute approximate surface area is 129 Å². The van der Waals surface area contributed by atoms with E-state index in [1.807, 2.05) is 6.07 Å². The number of aromatic amines is 1. The zero-order chi connectivity index (χ0) is 15.5. The Kier molecular flexibility index (Phi) is 4.31. The maximum atomic E-state index is 11.9. The van der Waals surface area contributed by atoms with E-state index in [0.717, 1.165) is 19.6 Å². The molecule has 6 nitrogen and oxygen atoms in total. The summed E-state index contributed by atoms with van der Waals surface area (Å²) in [5.74, 6) is 1.30. The lowest BCUT2D eigenvalue weighted by atomic mass is 9.97. The molecule has 0 aliphatic carbocycles. The summed E-state index contributed by atoms with van der Waals surface area (Å²) in [4.78, 5) is 17.1. The van der Waals surface area contributed by atoms with Crippen LogP contribution in [0.15, 0.2) is 35.1 Å². The summed E-state index contributed by atoms with van der Waals surface area (Å²) in [6.45, 7) is 5.08. The van der Waals surface area contributed by atoms with Crippen molar-refractivity contribution in [2.24, 2.45) is 11.7 Å². The first-order valence-corrected chi connectivity index (χ1v) is 7.59. The van der Waals surface area contributed by atoms with Crippen molar-refractivity contribution in [1.82, 2.24) is 20.1 Å². The van der Waals surface area contributed by atoms with Crippen LogP contribution >= 0.6 is 0 Å². The first-order chi connectivity index (χ1) is 10.7. The van der Waals surface area contributed by atoms with Crippen LogP contribution < -0.4 is 11.3 Å². The van der Waals surface area contributed by atoms with Gasteiger partial charge in [0.1, 0.15) is 11.5 Å². The first kappa shape index (κ1) is 14.9. The molecule has 1 unspecified atom stereocenters. The summed E-state index contributed by atoms with van der Waals surface area (Å²) in [7, 11) is 0. The van der Waals surface area contributed by atoms with Gasteiger partial charge in [-0.1, -0.05) is 37.3 Å². The molecule has 22 heavy (non-hydrogen) atoms. The lowest BCUT2D eigenvalue weighted by Crippen LogP contribution is -2.25. The monoisotopic (exact) mass is 299 g/mol. The number of nitrogens with two attached hydrogens (primary N) is 1. The molecule has 2 aromatic rings. The zero-order valence-electron chi connectivity index (χ0n) is 12.7. The molecule has 1 aromatic heterocycles. The molecule has 2 atom stereocenters. The van der Waals surface area contributed by atoms with Gasteiger partial charge in [0.25, 0.3) is 5.56 Å². The van der Waals surface area contributed by atoms with Crippen molar-refractivity contribution in [1.29, 1.82) is 0 Å². The van der Waals surface area contributed by atoms with Gasteiger partial charge in [-0.15, -0.1) is 10.2 Å². The van der Waals surface area contributed by atoms with E-state index in [0.29, 0.717) is 11.7 Å². The highest BCUT2D eigenvalue weighted by Crippen LogP contribution is 2.30. The molecule has 1 aliphatic heterocycles. The summed E-state index contributed by atoms with van der Waals surface area (Å²) in [5, 5.41) is 8.12. The van der Waals surface area contributed by atoms with Crippen LogP contribution in [0.4, 0.5) is 0 Å². The van der Waals surface area contributed by atoms with Crippen LogP contribution in [-0.2, 0) is 13.1 Å². The fraction of sp³-hybridized carbons (Fsp3) is 0.438. The van der Waals surface area contributed by atoms with Crippen LogP contribution in [0, 0.1) is 5.92 Å². The molecule has 1 aromatic carbocycles. The molecule has 0 spiro atoms. The van der Waals surface area contributed by atoms with E-state index in [9.17, 15) is 4.79 Å². The molecule has 0 bridgehead atoms. The molecule has 3 rings (SSSR count). The number of aromatic nitrogens is 3. The molecule has 0 radical (unpaired) electrons. The smallest absolute Gasteiger partial charge is 0.274 e. The molecular weight excluding hydrogens is 278 g/mol. The van der Waals surface area contributed by atoms with E-state index in [4.69, 9.17) is 5.73 Å². The van der Waals surface area contributed by atoms with E-state index >= 15 is 0 Å². The molecule has 1 aliphatic rings. The highest BCUT2D eigenvalue weighted by atomic mass is 16.1. The highest BCUT2D eigenvalue weighted by molar-refractivity contribution is 5.15. The first-order valence-electron chi connectivity index (χ1n) is 7.59. The molecule has 0 amide bonds. The maximum Gasteiger partial charge on any atom is 0.274 e. The van der Waals surface area contributed by atoms with Crippen LogP contribution in [0.25, 0.3) is 0 Å². The topological polar surface area (TPSA) is 87.9 Å². The van der Waals surface area contributed by atoms with Gasteiger partial charge in [0, 0.05) is 32.1 Å². The summed E-state index contributed by atoms with van der Waals surface area (Å²) < 4.78 is 0. The van der Waals surface area contributed by atoms with Gasteiger partial charge in [0.15, 0.2) is 0 Å². The van der Waals surface area contributed by atoms with E-state index in [1.54, 1.807) is 0 Å². The number of rotatable bonds is 4. The summed E-state index contributed by atoms with van der Waals surface area (Å²) in [6, 6.07) is 10.4. The van der Waals surface area contributed by atoms with Crippen LogP contribution in [0.5, 0.6) is 0 Å². The van der Waals surface area contributed by atoms with Gasteiger partial charge >= 0.3 is 0 Å². The lowest BCUT2D eigenvalue weighted by Gasteiger charge is -2.15. The minimum Gasteiger partial charge on any atom is -0.325 e. The van der Waals surface area contributed by atoms with Crippen molar-refractivity contribution in [3.05, 3.63) is 57.8 Å². The van der Waals surface area contributed by atoms with Crippen molar-refractivity contribution < 1.29 is 0 Å². The predicted molar refractivity (Wildman–Crippen MR) is 84.2 cm³/mol. The Bertz CT molecular complexity index is 684. The number of benzene rings is 1. The average Bonchev–Trinajstić information content (AvgIpc) is 2.88. The van der Waals surface area contributed by atoms with Gasteiger partial charge in [-0.2, -0.15) is 0 Å². The van der Waals surface area contributed by atoms with Crippen LogP contribution in [0.2, 0.25) is 0 Å². The van der Waals surface area contributed by atoms with Crippen LogP contribution in [0.1, 0.15) is 29.9 Å². The Morgan fingerprint density at radius 2 is 2.05 bits per heavy atom. The SMILES string of the molecule is C[C@@H]1CN(Cc2ccccc2)CC1c1nnc(CN)c(=O)[nH]1. The second-order valence-electron chi connectivity index (χ2n) is 5.95. The second kappa shape index (κ2) is 6.37. The van der Waals surface area contributed by atoms with E-state index in [2.05, 4.69) is 51.3 Å². The number of nitrogens with zero attached hydrogens (tertiary/aromatic N) is 3. The van der Waals surface area contributed by atoms with Crippen molar-refractivity contribution in [3.8, 4) is 0 Å². The minimum absolute atomic E-state index is 0.114. The average molecular weight is 299 g/mol. The molecule has 1 saturated heterocycles. The van der Waals surface area contributed by atoms with Gasteiger partial charge in [-0.25, -0.2) is 0 Å².